The summed E-state index contributed by atoms with van der Waals surface area (Å²) in [5.74, 6) is 0.0679. The van der Waals surface area contributed by atoms with Crippen molar-refractivity contribution in [3.05, 3.63) is 71.8 Å². The minimum Gasteiger partial charge on any atom is -0.378 e. The number of morpholine rings is 1. The van der Waals surface area contributed by atoms with Crippen LogP contribution in [-0.2, 0) is 9.53 Å². The average Bonchev–Trinajstić information content (AvgIpc) is 2.61. The van der Waals surface area contributed by atoms with Crippen molar-refractivity contribution < 1.29 is 9.53 Å². The highest BCUT2D eigenvalue weighted by Crippen LogP contribution is 2.21. The van der Waals surface area contributed by atoms with Gasteiger partial charge in [0, 0.05) is 18.7 Å². The molecule has 112 valence electrons. The van der Waals surface area contributed by atoms with Crippen molar-refractivity contribution in [1.82, 2.24) is 4.90 Å². The van der Waals surface area contributed by atoms with Crippen molar-refractivity contribution in [3.8, 4) is 0 Å². The van der Waals surface area contributed by atoms with Gasteiger partial charge in [-0.15, -0.1) is 0 Å². The number of ether oxygens (including phenoxy) is 1. The number of carbonyl (C=O) groups excluding carboxylic acids is 1. The predicted octanol–water partition coefficient (Wildman–Crippen LogP) is 3.09. The molecule has 0 unspecified atom stereocenters. The van der Waals surface area contributed by atoms with Gasteiger partial charge in [0.25, 0.3) is 5.91 Å². The zero-order chi connectivity index (χ0) is 15.2. The molecule has 1 fully saturated rings. The fourth-order valence-corrected chi connectivity index (χ4v) is 2.54. The summed E-state index contributed by atoms with van der Waals surface area (Å²) in [7, 11) is 0. The minimum atomic E-state index is 0.0679. The van der Waals surface area contributed by atoms with Crippen LogP contribution in [0.1, 0.15) is 11.1 Å². The number of amides is 1. The number of hydrogen-bond acceptors (Lipinski definition) is 2. The Bertz CT molecular complexity index is 644. The first-order valence-electron chi connectivity index (χ1n) is 7.54. The molecule has 0 radical (unpaired) electrons. The minimum absolute atomic E-state index is 0.0679. The summed E-state index contributed by atoms with van der Waals surface area (Å²) < 4.78 is 5.34. The maximum atomic E-state index is 12.9. The van der Waals surface area contributed by atoms with Crippen molar-refractivity contribution in [2.75, 3.05) is 26.3 Å². The second-order valence-corrected chi connectivity index (χ2v) is 5.24. The van der Waals surface area contributed by atoms with Gasteiger partial charge in [-0.05, 0) is 17.2 Å². The van der Waals surface area contributed by atoms with E-state index in [9.17, 15) is 4.79 Å². The van der Waals surface area contributed by atoms with Gasteiger partial charge in [0.2, 0.25) is 0 Å². The molecule has 0 N–H and O–H groups in total. The lowest BCUT2D eigenvalue weighted by molar-refractivity contribution is -0.128. The lowest BCUT2D eigenvalue weighted by Crippen LogP contribution is -2.41. The molecule has 3 rings (SSSR count). The first-order valence-corrected chi connectivity index (χ1v) is 7.54. The Morgan fingerprint density at radius 3 is 2.14 bits per heavy atom. The van der Waals surface area contributed by atoms with E-state index in [2.05, 4.69) is 0 Å². The quantitative estimate of drug-likeness (QED) is 0.643. The number of nitrogens with zero attached hydrogens (tertiary/aromatic N) is 1. The Morgan fingerprint density at radius 2 is 1.50 bits per heavy atom. The number of benzene rings is 2. The van der Waals surface area contributed by atoms with E-state index in [1.807, 2.05) is 71.6 Å². The van der Waals surface area contributed by atoms with Gasteiger partial charge in [0.15, 0.2) is 0 Å². The van der Waals surface area contributed by atoms with Gasteiger partial charge in [-0.2, -0.15) is 0 Å². The summed E-state index contributed by atoms with van der Waals surface area (Å²) in [6.45, 7) is 2.52. The highest BCUT2D eigenvalue weighted by atomic mass is 16.5. The normalized spacial score (nSPS) is 15.6. The van der Waals surface area contributed by atoms with E-state index in [1.165, 1.54) is 0 Å². The van der Waals surface area contributed by atoms with Crippen LogP contribution in [-0.4, -0.2) is 37.1 Å². The molecule has 0 aromatic heterocycles. The van der Waals surface area contributed by atoms with Crippen LogP contribution in [0.25, 0.3) is 11.6 Å². The first-order chi connectivity index (χ1) is 10.8. The molecule has 0 spiro atoms. The topological polar surface area (TPSA) is 29.5 Å². The third-order valence-corrected chi connectivity index (χ3v) is 3.72. The molecule has 3 nitrogen and oxygen atoms in total. The van der Waals surface area contributed by atoms with E-state index >= 15 is 0 Å². The molecule has 2 aromatic carbocycles. The van der Waals surface area contributed by atoms with Crippen LogP contribution in [0.3, 0.4) is 0 Å². The molecule has 2 aromatic rings. The van der Waals surface area contributed by atoms with Crippen LogP contribution in [0.15, 0.2) is 60.7 Å². The summed E-state index contributed by atoms with van der Waals surface area (Å²) in [5.41, 5.74) is 2.71. The monoisotopic (exact) mass is 293 g/mol. The summed E-state index contributed by atoms with van der Waals surface area (Å²) in [5, 5.41) is 0. The third kappa shape index (κ3) is 3.43. The zero-order valence-corrected chi connectivity index (χ0v) is 12.4. The maximum absolute atomic E-state index is 12.9. The highest BCUT2D eigenvalue weighted by Gasteiger charge is 2.21. The van der Waals surface area contributed by atoms with Crippen LogP contribution >= 0.6 is 0 Å². The van der Waals surface area contributed by atoms with Crippen molar-refractivity contribution in [2.45, 2.75) is 0 Å². The second-order valence-electron chi connectivity index (χ2n) is 5.24. The number of rotatable bonds is 3. The van der Waals surface area contributed by atoms with Crippen molar-refractivity contribution in [1.29, 1.82) is 0 Å². The molecule has 0 aliphatic carbocycles. The third-order valence-electron chi connectivity index (χ3n) is 3.72. The lowest BCUT2D eigenvalue weighted by Gasteiger charge is -2.28. The van der Waals surface area contributed by atoms with Gasteiger partial charge in [-0.25, -0.2) is 0 Å². The number of carbonyl (C=O) groups is 1. The molecule has 1 aliphatic heterocycles. The highest BCUT2D eigenvalue weighted by molar-refractivity contribution is 6.24. The molecule has 22 heavy (non-hydrogen) atoms. The Kier molecular flexibility index (Phi) is 4.66. The van der Waals surface area contributed by atoms with Gasteiger partial charge in [0.1, 0.15) is 0 Å². The van der Waals surface area contributed by atoms with E-state index in [1.54, 1.807) is 0 Å². The molecule has 1 amide bonds. The van der Waals surface area contributed by atoms with Crippen molar-refractivity contribution in [2.24, 2.45) is 0 Å². The standard InChI is InChI=1S/C19H19NO2/c21-19(20-11-13-22-14-12-20)18(17-9-5-2-6-10-17)15-16-7-3-1-4-8-16/h1-10,15H,11-14H2. The van der Waals surface area contributed by atoms with Crippen LogP contribution in [0, 0.1) is 0 Å². The number of hydrogen-bond donors (Lipinski definition) is 0. The molecule has 0 saturated carbocycles. The smallest absolute Gasteiger partial charge is 0.254 e. The molecular weight excluding hydrogens is 274 g/mol. The largest absolute Gasteiger partial charge is 0.378 e. The molecule has 1 saturated heterocycles. The van der Waals surface area contributed by atoms with E-state index in [-0.39, 0.29) is 5.91 Å². The van der Waals surface area contributed by atoms with Crippen molar-refractivity contribution in [3.63, 3.8) is 0 Å². The van der Waals surface area contributed by atoms with Crippen LogP contribution in [0.2, 0.25) is 0 Å². The van der Waals surface area contributed by atoms with Gasteiger partial charge < -0.3 is 9.64 Å². The Labute approximate surface area is 130 Å². The van der Waals surface area contributed by atoms with Gasteiger partial charge in [-0.1, -0.05) is 60.7 Å². The average molecular weight is 293 g/mol. The van der Waals surface area contributed by atoms with Crippen LogP contribution in [0.5, 0.6) is 0 Å². The van der Waals surface area contributed by atoms with E-state index in [0.29, 0.717) is 26.3 Å². The second kappa shape index (κ2) is 7.05. The predicted molar refractivity (Wildman–Crippen MR) is 88.2 cm³/mol. The fraction of sp³-hybridized carbons (Fsp3) is 0.211. The zero-order valence-electron chi connectivity index (χ0n) is 12.4. The molecule has 1 aliphatic rings. The molecule has 3 heteroatoms. The van der Waals surface area contributed by atoms with Gasteiger partial charge in [-0.3, -0.25) is 4.79 Å². The summed E-state index contributed by atoms with van der Waals surface area (Å²) in [4.78, 5) is 14.8. The summed E-state index contributed by atoms with van der Waals surface area (Å²) >= 11 is 0. The van der Waals surface area contributed by atoms with Gasteiger partial charge >= 0.3 is 0 Å². The molecular formula is C19H19NO2. The van der Waals surface area contributed by atoms with Crippen LogP contribution < -0.4 is 0 Å². The first kappa shape index (κ1) is 14.5. The van der Waals surface area contributed by atoms with Crippen molar-refractivity contribution >= 4 is 17.6 Å². The van der Waals surface area contributed by atoms with E-state index in [4.69, 9.17) is 4.74 Å². The Morgan fingerprint density at radius 1 is 0.909 bits per heavy atom. The molecule has 1 heterocycles. The van der Waals surface area contributed by atoms with Crippen LogP contribution in [0.4, 0.5) is 0 Å². The fourth-order valence-electron chi connectivity index (χ4n) is 2.54. The lowest BCUT2D eigenvalue weighted by atomic mass is 10.0. The Balaban J connectivity index is 1.96. The van der Waals surface area contributed by atoms with Gasteiger partial charge in [0.05, 0.1) is 13.2 Å². The molecule has 0 atom stereocenters. The van der Waals surface area contributed by atoms with E-state index < -0.39 is 0 Å². The molecule has 0 bridgehead atoms. The van der Waals surface area contributed by atoms with E-state index in [0.717, 1.165) is 16.7 Å². The summed E-state index contributed by atoms with van der Waals surface area (Å²) in [6, 6.07) is 19.8. The SMILES string of the molecule is O=C(C(=Cc1ccccc1)c1ccccc1)N1CCOCC1. The summed E-state index contributed by atoms with van der Waals surface area (Å²) in [6.07, 6.45) is 1.97. The maximum Gasteiger partial charge on any atom is 0.254 e. The Hall–Kier alpha value is -2.39.